The molecule has 2 aromatic carbocycles. The first-order valence-corrected chi connectivity index (χ1v) is 11.6. The third-order valence-corrected chi connectivity index (χ3v) is 6.19. The van der Waals surface area contributed by atoms with Gasteiger partial charge in [-0.05, 0) is 30.5 Å². The molecule has 3 rings (SSSR count). The first-order chi connectivity index (χ1) is 16.2. The van der Waals surface area contributed by atoms with Crippen LogP contribution in [0.5, 0.6) is 0 Å². The number of carbonyl (C=O) groups excluding carboxylic acids is 2. The maximum absolute atomic E-state index is 12.8. The van der Waals surface area contributed by atoms with Crippen LogP contribution in [0.4, 0.5) is 11.4 Å². The number of benzene rings is 2. The lowest BCUT2D eigenvalue weighted by Gasteiger charge is -2.21. The van der Waals surface area contributed by atoms with Crippen LogP contribution in [0.2, 0.25) is 0 Å². The van der Waals surface area contributed by atoms with Gasteiger partial charge in [-0.3, -0.25) is 19.7 Å². The van der Waals surface area contributed by atoms with Gasteiger partial charge in [-0.1, -0.05) is 49.9 Å². The molecule has 178 valence electrons. The summed E-state index contributed by atoms with van der Waals surface area (Å²) in [4.78, 5) is 35.7. The summed E-state index contributed by atoms with van der Waals surface area (Å²) < 4.78 is 1.74. The molecule has 0 unspecified atom stereocenters. The van der Waals surface area contributed by atoms with Gasteiger partial charge < -0.3 is 15.2 Å². The van der Waals surface area contributed by atoms with Gasteiger partial charge in [0.2, 0.25) is 5.91 Å². The minimum Gasteiger partial charge on any atom is -0.342 e. The molecule has 3 aromatic rings. The molecule has 1 heterocycles. The van der Waals surface area contributed by atoms with Gasteiger partial charge in [-0.25, -0.2) is 0 Å². The lowest BCUT2D eigenvalue weighted by molar-refractivity contribution is -0.384. The van der Waals surface area contributed by atoms with Gasteiger partial charge in [0, 0.05) is 30.4 Å². The van der Waals surface area contributed by atoms with Gasteiger partial charge in [0.1, 0.15) is 0 Å². The van der Waals surface area contributed by atoms with Crippen molar-refractivity contribution in [2.45, 2.75) is 32.0 Å². The summed E-state index contributed by atoms with van der Waals surface area (Å²) in [6, 6.07) is 12.6. The minimum atomic E-state index is -0.544. The fourth-order valence-electron chi connectivity index (χ4n) is 3.27. The van der Waals surface area contributed by atoms with E-state index in [-0.39, 0.29) is 28.8 Å². The number of hydrogen-bond donors (Lipinski definition) is 2. The number of nitro groups is 1. The molecule has 34 heavy (non-hydrogen) atoms. The predicted molar refractivity (Wildman–Crippen MR) is 130 cm³/mol. The van der Waals surface area contributed by atoms with Crippen LogP contribution in [0.1, 0.15) is 41.6 Å². The molecule has 0 radical (unpaired) electrons. The van der Waals surface area contributed by atoms with Gasteiger partial charge in [0.15, 0.2) is 11.0 Å². The molecule has 2 amide bonds. The van der Waals surface area contributed by atoms with Crippen molar-refractivity contribution in [2.75, 3.05) is 11.1 Å². The molecule has 10 nitrogen and oxygen atoms in total. The average molecular weight is 483 g/mol. The maximum atomic E-state index is 12.8. The number of thioether (sulfide) groups is 1. The van der Waals surface area contributed by atoms with Crippen LogP contribution in [0, 0.1) is 23.0 Å². The highest BCUT2D eigenvalue weighted by molar-refractivity contribution is 7.99. The third kappa shape index (κ3) is 5.98. The topological polar surface area (TPSA) is 132 Å². The number of aromatic nitrogens is 3. The zero-order chi connectivity index (χ0) is 24.8. The number of rotatable bonds is 9. The van der Waals surface area contributed by atoms with E-state index in [4.69, 9.17) is 0 Å². The average Bonchev–Trinajstić information content (AvgIpc) is 3.17. The maximum Gasteiger partial charge on any atom is 0.270 e. The Morgan fingerprint density at radius 1 is 1.15 bits per heavy atom. The fourth-order valence-corrected chi connectivity index (χ4v) is 3.98. The molecule has 2 N–H and O–H groups in total. The van der Waals surface area contributed by atoms with E-state index in [0.29, 0.717) is 11.0 Å². The summed E-state index contributed by atoms with van der Waals surface area (Å²) in [5, 5.41) is 25.8. The Hall–Kier alpha value is -3.73. The second-order valence-electron chi connectivity index (χ2n) is 8.05. The van der Waals surface area contributed by atoms with E-state index in [0.717, 1.165) is 11.3 Å². The van der Waals surface area contributed by atoms with Gasteiger partial charge in [-0.15, -0.1) is 10.2 Å². The molecule has 0 saturated carbocycles. The Kier molecular flexibility index (Phi) is 8.00. The lowest BCUT2D eigenvalue weighted by atomic mass is 10.0. The SMILES string of the molecule is Cc1ccccc1NC(=O)CSc1nnc([C@H](NC(=O)c2cccc([N+](=O)[O-])c2)C(C)C)n1C. The van der Waals surface area contributed by atoms with Crippen LogP contribution < -0.4 is 10.6 Å². The highest BCUT2D eigenvalue weighted by Gasteiger charge is 2.26. The van der Waals surface area contributed by atoms with Crippen LogP contribution in [0.3, 0.4) is 0 Å². The summed E-state index contributed by atoms with van der Waals surface area (Å²) in [7, 11) is 1.77. The molecule has 0 fully saturated rings. The number of hydrogen-bond acceptors (Lipinski definition) is 7. The van der Waals surface area contributed by atoms with E-state index in [1.165, 1.54) is 36.0 Å². The third-order valence-electron chi connectivity index (χ3n) is 5.17. The molecule has 1 aromatic heterocycles. The van der Waals surface area contributed by atoms with Crippen molar-refractivity contribution in [3.8, 4) is 0 Å². The molecule has 0 aliphatic carbocycles. The Labute approximate surface area is 201 Å². The fraction of sp³-hybridized carbons (Fsp3) is 0.304. The van der Waals surface area contributed by atoms with Crippen LogP contribution in [0.25, 0.3) is 0 Å². The monoisotopic (exact) mass is 482 g/mol. The van der Waals surface area contributed by atoms with Gasteiger partial charge in [-0.2, -0.15) is 0 Å². The van der Waals surface area contributed by atoms with E-state index >= 15 is 0 Å². The summed E-state index contributed by atoms with van der Waals surface area (Å²) in [6.07, 6.45) is 0. The molecule has 0 spiro atoms. The zero-order valence-corrected chi connectivity index (χ0v) is 20.1. The molecule has 1 atom stereocenters. The van der Waals surface area contributed by atoms with E-state index in [1.807, 2.05) is 45.0 Å². The Morgan fingerprint density at radius 2 is 1.88 bits per heavy atom. The largest absolute Gasteiger partial charge is 0.342 e. The first-order valence-electron chi connectivity index (χ1n) is 10.6. The first kappa shape index (κ1) is 24.9. The number of non-ortho nitro benzene ring substituents is 1. The number of para-hydroxylation sites is 1. The minimum absolute atomic E-state index is 0.0345. The van der Waals surface area contributed by atoms with Crippen LogP contribution in [0.15, 0.2) is 53.7 Å². The normalized spacial score (nSPS) is 11.8. The number of carbonyl (C=O) groups is 2. The molecular weight excluding hydrogens is 456 g/mol. The van der Waals surface area contributed by atoms with Crippen molar-refractivity contribution in [3.05, 3.63) is 75.6 Å². The number of amides is 2. The number of nitro benzene ring substituents is 1. The van der Waals surface area contributed by atoms with Gasteiger partial charge in [0.05, 0.1) is 16.7 Å². The van der Waals surface area contributed by atoms with Crippen molar-refractivity contribution in [1.29, 1.82) is 0 Å². The van der Waals surface area contributed by atoms with Crippen LogP contribution >= 0.6 is 11.8 Å². The number of nitrogens with one attached hydrogen (secondary N) is 2. The molecule has 0 aliphatic rings. The van der Waals surface area contributed by atoms with Crippen molar-refractivity contribution in [2.24, 2.45) is 13.0 Å². The van der Waals surface area contributed by atoms with E-state index < -0.39 is 16.9 Å². The zero-order valence-electron chi connectivity index (χ0n) is 19.3. The second-order valence-corrected chi connectivity index (χ2v) is 9.00. The second kappa shape index (κ2) is 10.9. The van der Waals surface area contributed by atoms with Crippen molar-refractivity contribution < 1.29 is 14.5 Å². The number of nitrogens with zero attached hydrogens (tertiary/aromatic N) is 4. The Morgan fingerprint density at radius 3 is 2.56 bits per heavy atom. The smallest absolute Gasteiger partial charge is 0.270 e. The van der Waals surface area contributed by atoms with Crippen molar-refractivity contribution >= 4 is 35.0 Å². The summed E-state index contributed by atoms with van der Waals surface area (Å²) >= 11 is 1.24. The van der Waals surface area contributed by atoms with E-state index in [9.17, 15) is 19.7 Å². The van der Waals surface area contributed by atoms with E-state index in [2.05, 4.69) is 20.8 Å². The Bertz CT molecular complexity index is 1210. The van der Waals surface area contributed by atoms with Crippen molar-refractivity contribution in [3.63, 3.8) is 0 Å². The molecule has 0 aliphatic heterocycles. The van der Waals surface area contributed by atoms with Crippen molar-refractivity contribution in [1.82, 2.24) is 20.1 Å². The highest BCUT2D eigenvalue weighted by atomic mass is 32.2. The molecule has 0 saturated heterocycles. The summed E-state index contributed by atoms with van der Waals surface area (Å²) in [5.41, 5.74) is 1.76. The molecular formula is C23H26N6O4S. The highest BCUT2D eigenvalue weighted by Crippen LogP contribution is 2.25. The predicted octanol–water partition coefficient (Wildman–Crippen LogP) is 3.89. The standard InChI is InChI=1S/C23H26N6O4S/c1-14(2)20(25-22(31)16-9-7-10-17(12-16)29(32)33)21-26-27-23(28(21)4)34-13-19(30)24-18-11-6-5-8-15(18)3/h5-12,14,20H,13H2,1-4H3,(H,24,30)(H,25,31)/t20-/m1/s1. The van der Waals surface area contributed by atoms with Crippen LogP contribution in [-0.2, 0) is 11.8 Å². The quantitative estimate of drug-likeness (QED) is 0.269. The van der Waals surface area contributed by atoms with Crippen LogP contribution in [-0.4, -0.2) is 37.3 Å². The van der Waals surface area contributed by atoms with Gasteiger partial charge >= 0.3 is 0 Å². The summed E-state index contributed by atoms with van der Waals surface area (Å²) in [6.45, 7) is 5.77. The summed E-state index contributed by atoms with van der Waals surface area (Å²) in [5.74, 6) is 0.0240. The van der Waals surface area contributed by atoms with E-state index in [1.54, 1.807) is 11.6 Å². The number of anilines is 1. The number of aryl methyl sites for hydroxylation is 1. The lowest BCUT2D eigenvalue weighted by Crippen LogP contribution is -2.33. The Balaban J connectivity index is 1.69. The molecule has 11 heteroatoms. The van der Waals surface area contributed by atoms with Gasteiger partial charge in [0.25, 0.3) is 11.6 Å². The molecule has 0 bridgehead atoms.